The van der Waals surface area contributed by atoms with E-state index in [4.69, 9.17) is 15.0 Å². The second-order valence-corrected chi connectivity index (χ2v) is 30.6. The molecule has 0 saturated carbocycles. The minimum Gasteiger partial charge on any atom is -0.392 e. The number of carbonyl (C=O) groups excluding carboxylic acids is 1. The third-order valence-electron chi connectivity index (χ3n) is 21.5. The largest absolute Gasteiger partial charge is 0.392 e. The van der Waals surface area contributed by atoms with Gasteiger partial charge in [0.2, 0.25) is 17.8 Å². The lowest BCUT2D eigenvalue weighted by Gasteiger charge is -2.35. The number of nitrogens with zero attached hydrogens (tertiary/aromatic N) is 7. The molecule has 1 saturated heterocycles. The van der Waals surface area contributed by atoms with Crippen molar-refractivity contribution in [1.29, 1.82) is 0 Å². The molecule has 1 amide bonds. The van der Waals surface area contributed by atoms with Crippen LogP contribution in [-0.4, -0.2) is 83.2 Å². The number of piperazine rings is 1. The zero-order chi connectivity index (χ0) is 68.3. The van der Waals surface area contributed by atoms with Crippen LogP contribution in [0.15, 0.2) is 24.3 Å². The summed E-state index contributed by atoms with van der Waals surface area (Å²) in [5.74, 6) is 2.61. The SMILES string of the molecule is CCCCCCCCCCCCCCCCCCN(CCCCCCCCCCCCCCCCCC)c1nc(N(CCCCCCCCCCCCCCCCCC)CCCCCCCCCCCCCCCCCC)nc(N2CCN(C(=O)c3ccc(CO)cc3)CC2)n1. The van der Waals surface area contributed by atoms with E-state index in [0.29, 0.717) is 31.7 Å². The van der Waals surface area contributed by atoms with Crippen molar-refractivity contribution in [2.45, 2.75) is 445 Å². The maximum absolute atomic E-state index is 13.9. The third kappa shape index (κ3) is 48.8. The first kappa shape index (κ1) is 87.3. The average molecular weight is 1340 g/mol. The summed E-state index contributed by atoms with van der Waals surface area (Å²) >= 11 is 0. The average Bonchev–Trinajstić information content (AvgIpc) is 0.828. The number of unbranched alkanes of at least 4 members (excludes halogenated alkanes) is 60. The first-order valence-corrected chi connectivity index (χ1v) is 43.5. The van der Waals surface area contributed by atoms with Crippen molar-refractivity contribution < 1.29 is 9.90 Å². The maximum Gasteiger partial charge on any atom is 0.253 e. The van der Waals surface area contributed by atoms with Crippen molar-refractivity contribution in [3.05, 3.63) is 35.4 Å². The summed E-state index contributed by atoms with van der Waals surface area (Å²) in [4.78, 5) is 40.0. The van der Waals surface area contributed by atoms with E-state index in [9.17, 15) is 9.90 Å². The molecule has 3 rings (SSSR count). The Balaban J connectivity index is 1.74. The van der Waals surface area contributed by atoms with Gasteiger partial charge in [0.1, 0.15) is 0 Å². The molecule has 2 aromatic rings. The number of hydrogen-bond acceptors (Lipinski definition) is 8. The number of aliphatic hydroxyl groups is 1. The molecule has 9 nitrogen and oxygen atoms in total. The molecule has 1 aliphatic heterocycles. The van der Waals surface area contributed by atoms with Gasteiger partial charge in [-0.2, -0.15) is 15.0 Å². The molecule has 0 spiro atoms. The fraction of sp³-hybridized carbons (Fsp3) is 0.885. The smallest absolute Gasteiger partial charge is 0.253 e. The van der Waals surface area contributed by atoms with E-state index in [2.05, 4.69) is 42.4 Å². The minimum atomic E-state index is -0.0179. The topological polar surface area (TPSA) is 88.9 Å². The summed E-state index contributed by atoms with van der Waals surface area (Å²) in [5.41, 5.74) is 1.51. The summed E-state index contributed by atoms with van der Waals surface area (Å²) in [6, 6.07) is 7.47. The Morgan fingerprint density at radius 2 is 0.510 bits per heavy atom. The number of rotatable bonds is 73. The predicted molar refractivity (Wildman–Crippen MR) is 423 cm³/mol. The van der Waals surface area contributed by atoms with E-state index >= 15 is 0 Å². The van der Waals surface area contributed by atoms with Gasteiger partial charge in [-0.15, -0.1) is 0 Å². The highest BCUT2D eigenvalue weighted by Gasteiger charge is 2.27. The standard InChI is InChI=1S/C87H163N7O2/c1-5-9-13-17-21-25-29-33-37-41-45-49-53-57-61-65-73-92(74-66-62-58-54-50-46-42-38-34-30-26-22-18-14-10-6-2)85-88-86(90-87(89-85)94-79-77-91(78-80-94)84(96)83-71-69-82(81-95)70-72-83)93(75-67-63-59-55-51-47-43-39-35-31-27-23-19-15-11-7-3)76-68-64-60-56-52-48-44-40-36-32-28-24-20-16-12-8-4/h69-72,95H,5-68,73-81H2,1-4H3. The van der Waals surface area contributed by atoms with E-state index in [0.717, 1.165) is 49.6 Å². The minimum absolute atomic E-state index is 0.0179. The van der Waals surface area contributed by atoms with E-state index in [1.165, 1.54) is 411 Å². The van der Waals surface area contributed by atoms with E-state index < -0.39 is 0 Å². The Bertz CT molecular complexity index is 1770. The number of anilines is 3. The fourth-order valence-corrected chi connectivity index (χ4v) is 14.8. The Morgan fingerprint density at radius 3 is 0.719 bits per heavy atom. The number of amides is 1. The molecule has 2 heterocycles. The molecule has 1 fully saturated rings. The molecule has 0 atom stereocenters. The normalized spacial score (nSPS) is 12.6. The number of aromatic nitrogens is 3. The van der Waals surface area contributed by atoms with Crippen LogP contribution >= 0.6 is 0 Å². The van der Waals surface area contributed by atoms with Crippen LogP contribution in [0.25, 0.3) is 0 Å². The highest BCUT2D eigenvalue weighted by Crippen LogP contribution is 2.26. The van der Waals surface area contributed by atoms with Crippen LogP contribution in [-0.2, 0) is 6.61 Å². The fourth-order valence-electron chi connectivity index (χ4n) is 14.8. The van der Waals surface area contributed by atoms with Gasteiger partial charge in [0.15, 0.2) is 0 Å². The predicted octanol–water partition coefficient (Wildman–Crippen LogP) is 27.0. The highest BCUT2D eigenvalue weighted by molar-refractivity contribution is 5.94. The molecule has 0 radical (unpaired) electrons. The lowest BCUT2D eigenvalue weighted by molar-refractivity contribution is 0.0746. The Labute approximate surface area is 598 Å². The van der Waals surface area contributed by atoms with Crippen LogP contribution < -0.4 is 14.7 Å². The van der Waals surface area contributed by atoms with E-state index in [1.54, 1.807) is 0 Å². The Kier molecular flexibility index (Phi) is 60.5. The summed E-state index contributed by atoms with van der Waals surface area (Å²) in [6.45, 7) is 15.9. The van der Waals surface area contributed by atoms with Gasteiger partial charge in [-0.1, -0.05) is 425 Å². The van der Waals surface area contributed by atoms with Crippen molar-refractivity contribution in [3.63, 3.8) is 0 Å². The third-order valence-corrected chi connectivity index (χ3v) is 21.5. The van der Waals surface area contributed by atoms with Crippen LogP contribution in [0.4, 0.5) is 17.8 Å². The van der Waals surface area contributed by atoms with Crippen molar-refractivity contribution in [3.8, 4) is 0 Å². The first-order valence-electron chi connectivity index (χ1n) is 43.5. The lowest BCUT2D eigenvalue weighted by atomic mass is 10.0. The maximum atomic E-state index is 13.9. The highest BCUT2D eigenvalue weighted by atomic mass is 16.3. The second kappa shape index (κ2) is 66.6. The quantitative estimate of drug-likeness (QED) is 0.0656. The molecule has 0 unspecified atom stereocenters. The van der Waals surface area contributed by atoms with Crippen molar-refractivity contribution in [2.24, 2.45) is 0 Å². The van der Waals surface area contributed by atoms with Gasteiger partial charge in [0.25, 0.3) is 5.91 Å². The lowest BCUT2D eigenvalue weighted by Crippen LogP contribution is -2.49. The van der Waals surface area contributed by atoms with Gasteiger partial charge in [-0.3, -0.25) is 4.79 Å². The van der Waals surface area contributed by atoms with Crippen LogP contribution in [0.2, 0.25) is 0 Å². The van der Waals surface area contributed by atoms with Crippen molar-refractivity contribution in [2.75, 3.05) is 67.1 Å². The molecular formula is C87H163N7O2. The molecular weight excluding hydrogens is 1180 g/mol. The van der Waals surface area contributed by atoms with E-state index in [1.807, 2.05) is 29.2 Å². The summed E-state index contributed by atoms with van der Waals surface area (Å²) in [6.07, 6.45) is 88.3. The molecule has 558 valence electrons. The second-order valence-electron chi connectivity index (χ2n) is 30.6. The van der Waals surface area contributed by atoms with Gasteiger partial charge in [-0.25, -0.2) is 0 Å². The molecule has 9 heteroatoms. The van der Waals surface area contributed by atoms with Gasteiger partial charge in [-0.05, 0) is 43.4 Å². The Morgan fingerprint density at radius 1 is 0.302 bits per heavy atom. The van der Waals surface area contributed by atoms with Crippen LogP contribution in [0.3, 0.4) is 0 Å². The molecule has 1 aromatic carbocycles. The number of benzene rings is 1. The monoisotopic (exact) mass is 1340 g/mol. The summed E-state index contributed by atoms with van der Waals surface area (Å²) in [7, 11) is 0. The van der Waals surface area contributed by atoms with Crippen LogP contribution in [0.5, 0.6) is 0 Å². The van der Waals surface area contributed by atoms with Crippen LogP contribution in [0.1, 0.15) is 455 Å². The first-order chi connectivity index (χ1) is 47.5. The van der Waals surface area contributed by atoms with Crippen LogP contribution in [0, 0.1) is 0 Å². The van der Waals surface area contributed by atoms with Crippen molar-refractivity contribution in [1.82, 2.24) is 19.9 Å². The zero-order valence-corrected chi connectivity index (χ0v) is 64.9. The molecule has 96 heavy (non-hydrogen) atoms. The number of aliphatic hydroxyl groups excluding tert-OH is 1. The number of carbonyl (C=O) groups is 1. The molecule has 1 aromatic heterocycles. The Hall–Kier alpha value is -2.94. The molecule has 0 bridgehead atoms. The van der Waals surface area contributed by atoms with Crippen molar-refractivity contribution >= 4 is 23.8 Å². The van der Waals surface area contributed by atoms with Gasteiger partial charge < -0.3 is 24.7 Å². The van der Waals surface area contributed by atoms with Gasteiger partial charge in [0, 0.05) is 57.9 Å². The van der Waals surface area contributed by atoms with E-state index in [-0.39, 0.29) is 12.5 Å². The van der Waals surface area contributed by atoms with Gasteiger partial charge in [0.05, 0.1) is 6.61 Å². The molecule has 0 aliphatic carbocycles. The molecule has 1 aliphatic rings. The zero-order valence-electron chi connectivity index (χ0n) is 64.9. The molecule has 1 N–H and O–H groups in total. The number of hydrogen-bond donors (Lipinski definition) is 1. The van der Waals surface area contributed by atoms with Gasteiger partial charge >= 0.3 is 0 Å². The summed E-state index contributed by atoms with van der Waals surface area (Å²) < 4.78 is 0. The summed E-state index contributed by atoms with van der Waals surface area (Å²) in [5, 5.41) is 9.70.